The summed E-state index contributed by atoms with van der Waals surface area (Å²) in [6, 6.07) is -0.935. The summed E-state index contributed by atoms with van der Waals surface area (Å²) in [5.41, 5.74) is 0. The lowest BCUT2D eigenvalue weighted by atomic mass is 9.97. The third-order valence-corrected chi connectivity index (χ3v) is 16.1. The number of ether oxygens (including phenoxy) is 4. The maximum absolute atomic E-state index is 13.2. The van der Waals surface area contributed by atoms with Gasteiger partial charge >= 0.3 is 0 Å². The lowest BCUT2D eigenvalue weighted by Crippen LogP contribution is -2.65. The number of carbonyl (C=O) groups is 1. The number of unbranched alkanes of at least 4 members (excludes halogenated alkanes) is 36. The van der Waals surface area contributed by atoms with Gasteiger partial charge in [0.25, 0.3) is 0 Å². The predicted octanol–water partition coefficient (Wildman–Crippen LogP) is 12.2. The molecule has 0 spiro atoms. The Morgan fingerprint density at radius 2 is 0.810 bits per heavy atom. The van der Waals surface area contributed by atoms with Crippen molar-refractivity contribution < 1.29 is 64.6 Å². The Kier molecular flexibility index (Phi) is 47.0. The van der Waals surface area contributed by atoms with Gasteiger partial charge in [-0.3, -0.25) is 4.79 Å². The lowest BCUT2D eigenvalue weighted by molar-refractivity contribution is -0.359. The molecule has 0 aromatic rings. The zero-order valence-electron chi connectivity index (χ0n) is 50.1. The second-order valence-corrected chi connectivity index (χ2v) is 23.2. The number of carbonyl (C=O) groups excluding carboxylic acids is 1. The van der Waals surface area contributed by atoms with Crippen molar-refractivity contribution in [2.45, 2.75) is 351 Å². The van der Waals surface area contributed by atoms with Crippen LogP contribution in [0.2, 0.25) is 0 Å². The summed E-state index contributed by atoms with van der Waals surface area (Å²) in [5, 5.41) is 87.0. The van der Waals surface area contributed by atoms with Gasteiger partial charge in [-0.25, -0.2) is 0 Å². The van der Waals surface area contributed by atoms with Crippen LogP contribution >= 0.6 is 0 Å². The zero-order valence-corrected chi connectivity index (χ0v) is 50.1. The smallest absolute Gasteiger partial charge is 0.220 e. The molecular weight excluding hydrogens is 1000 g/mol. The molecule has 0 aromatic carbocycles. The minimum atomic E-state index is -1.79. The number of hydrogen-bond acceptors (Lipinski definition) is 13. The topological polar surface area (TPSA) is 228 Å². The average Bonchev–Trinajstić information content (AvgIpc) is 3.48. The van der Waals surface area contributed by atoms with E-state index in [-0.39, 0.29) is 18.9 Å². The summed E-state index contributed by atoms with van der Waals surface area (Å²) < 4.78 is 22.7. The van der Waals surface area contributed by atoms with Crippen LogP contribution < -0.4 is 5.32 Å². The molecule has 464 valence electrons. The van der Waals surface area contributed by atoms with Crippen molar-refractivity contribution in [2.24, 2.45) is 0 Å². The second-order valence-electron chi connectivity index (χ2n) is 23.2. The van der Waals surface area contributed by atoms with Crippen LogP contribution in [0, 0.1) is 0 Å². The molecule has 0 bridgehead atoms. The molecule has 2 heterocycles. The van der Waals surface area contributed by atoms with Crippen molar-refractivity contribution in [2.75, 3.05) is 19.8 Å². The third-order valence-electron chi connectivity index (χ3n) is 16.1. The highest BCUT2D eigenvalue weighted by atomic mass is 16.7. The number of nitrogens with one attached hydrogen (secondary N) is 1. The number of hydrogen-bond donors (Lipinski definition) is 9. The summed E-state index contributed by atoms with van der Waals surface area (Å²) in [7, 11) is 0. The molecule has 0 aromatic heterocycles. The van der Waals surface area contributed by atoms with E-state index < -0.39 is 86.8 Å². The first-order valence-electron chi connectivity index (χ1n) is 32.7. The molecule has 2 aliphatic rings. The number of allylic oxidation sites excluding steroid dienone is 5. The van der Waals surface area contributed by atoms with Crippen LogP contribution in [0.25, 0.3) is 0 Å². The van der Waals surface area contributed by atoms with E-state index in [1.54, 1.807) is 6.08 Å². The predicted molar refractivity (Wildman–Crippen MR) is 318 cm³/mol. The molecule has 12 unspecified atom stereocenters. The highest BCUT2D eigenvalue weighted by molar-refractivity contribution is 5.76. The minimum absolute atomic E-state index is 0.250. The highest BCUT2D eigenvalue weighted by Crippen LogP contribution is 2.30. The van der Waals surface area contributed by atoms with Crippen LogP contribution in [0.5, 0.6) is 0 Å². The van der Waals surface area contributed by atoms with Crippen molar-refractivity contribution >= 4 is 5.91 Å². The fraction of sp³-hybridized carbons (Fsp3) is 0.892. The van der Waals surface area contributed by atoms with Crippen LogP contribution in [0.4, 0.5) is 0 Å². The Balaban J connectivity index is 1.60. The van der Waals surface area contributed by atoms with Gasteiger partial charge in [0, 0.05) is 6.42 Å². The van der Waals surface area contributed by atoms with Gasteiger partial charge in [-0.15, -0.1) is 0 Å². The summed E-state index contributed by atoms with van der Waals surface area (Å²) in [6.45, 7) is 2.74. The molecule has 14 nitrogen and oxygen atoms in total. The highest BCUT2D eigenvalue weighted by Gasteiger charge is 2.51. The number of rotatable bonds is 53. The monoisotopic (exact) mass is 1120 g/mol. The molecular formula is C65H121NO13. The van der Waals surface area contributed by atoms with Gasteiger partial charge in [0.15, 0.2) is 12.6 Å². The van der Waals surface area contributed by atoms with Crippen molar-refractivity contribution in [3.63, 3.8) is 0 Å². The summed E-state index contributed by atoms with van der Waals surface area (Å²) in [5.74, 6) is -0.250. The van der Waals surface area contributed by atoms with Crippen LogP contribution in [-0.2, 0) is 23.7 Å². The van der Waals surface area contributed by atoms with Crippen molar-refractivity contribution in [1.29, 1.82) is 0 Å². The SMILES string of the molecule is CCCC/C=C/CC/C=C/CC/C=C/C(O)C(COC1OC(CO)C(OC2OC(CO)C(O)C(O)C2O)C(O)C1O)NC(=O)CCCCCCCCCCCCCCCCCCCCCCCCCCCCCCCCCCC. The molecule has 12 atom stereocenters. The molecule has 2 rings (SSSR count). The van der Waals surface area contributed by atoms with E-state index in [9.17, 15) is 45.6 Å². The van der Waals surface area contributed by atoms with Gasteiger partial charge in [0.05, 0.1) is 32.0 Å². The molecule has 79 heavy (non-hydrogen) atoms. The van der Waals surface area contributed by atoms with Crippen molar-refractivity contribution in [3.8, 4) is 0 Å². The van der Waals surface area contributed by atoms with E-state index in [2.05, 4.69) is 43.5 Å². The van der Waals surface area contributed by atoms with Crippen molar-refractivity contribution in [1.82, 2.24) is 5.32 Å². The van der Waals surface area contributed by atoms with E-state index in [0.29, 0.717) is 12.8 Å². The van der Waals surface area contributed by atoms with Crippen molar-refractivity contribution in [3.05, 3.63) is 36.5 Å². The fourth-order valence-electron chi connectivity index (χ4n) is 10.8. The summed E-state index contributed by atoms with van der Waals surface area (Å²) in [6.07, 6.45) is 46.6. The molecule has 2 aliphatic heterocycles. The van der Waals surface area contributed by atoms with Crippen LogP contribution in [0.3, 0.4) is 0 Å². The number of aliphatic hydroxyl groups is 8. The normalized spacial score (nSPS) is 24.6. The molecule has 2 fully saturated rings. The molecule has 0 radical (unpaired) electrons. The standard InChI is InChI=1S/C65H121NO13/c1-3-5-7-9-11-13-15-17-18-19-20-21-22-23-24-25-26-27-28-29-30-31-32-33-34-35-36-37-39-41-43-45-47-49-57(70)66-53(54(69)48-46-44-42-40-38-16-14-12-10-8-6-4-2)52-76-64-62(75)60(73)63(56(51-68)78-64)79-65-61(74)59(72)58(71)55(50-67)77-65/h10,12,38,40,46,48,53-56,58-65,67-69,71-75H,3-9,11,13-37,39,41-45,47,49-52H2,1-2H3,(H,66,70)/b12-10+,40-38+,48-46+. The Morgan fingerprint density at radius 3 is 1.23 bits per heavy atom. The Morgan fingerprint density at radius 1 is 0.443 bits per heavy atom. The Hall–Kier alpha value is -1.79. The minimum Gasteiger partial charge on any atom is -0.394 e. The molecule has 0 aliphatic carbocycles. The molecule has 9 N–H and O–H groups in total. The number of aliphatic hydroxyl groups excluding tert-OH is 8. The summed E-state index contributed by atoms with van der Waals surface area (Å²) in [4.78, 5) is 13.2. The van der Waals surface area contributed by atoms with E-state index in [1.807, 2.05) is 6.08 Å². The maximum atomic E-state index is 13.2. The number of amides is 1. The van der Waals surface area contributed by atoms with Gasteiger partial charge in [-0.05, 0) is 38.5 Å². The molecule has 0 saturated carbocycles. The lowest BCUT2D eigenvalue weighted by Gasteiger charge is -2.46. The first-order valence-corrected chi connectivity index (χ1v) is 32.7. The van der Waals surface area contributed by atoms with Gasteiger partial charge in [0.1, 0.15) is 48.8 Å². The second kappa shape index (κ2) is 50.7. The Labute approximate surface area is 481 Å². The van der Waals surface area contributed by atoms with Gasteiger partial charge in [-0.1, -0.05) is 269 Å². The maximum Gasteiger partial charge on any atom is 0.220 e. The van der Waals surface area contributed by atoms with E-state index >= 15 is 0 Å². The third kappa shape index (κ3) is 35.8. The first-order chi connectivity index (χ1) is 38.6. The largest absolute Gasteiger partial charge is 0.394 e. The van der Waals surface area contributed by atoms with Crippen LogP contribution in [0.1, 0.15) is 277 Å². The fourth-order valence-corrected chi connectivity index (χ4v) is 10.8. The first kappa shape index (κ1) is 73.3. The summed E-state index contributed by atoms with van der Waals surface area (Å²) >= 11 is 0. The molecule has 14 heteroatoms. The van der Waals surface area contributed by atoms with Gasteiger partial charge in [-0.2, -0.15) is 0 Å². The van der Waals surface area contributed by atoms with Crippen LogP contribution in [0.15, 0.2) is 36.5 Å². The molecule has 1 amide bonds. The molecule has 2 saturated heterocycles. The zero-order chi connectivity index (χ0) is 57.4. The average molecular weight is 1120 g/mol. The van der Waals surface area contributed by atoms with E-state index in [1.165, 1.54) is 199 Å². The quantitative estimate of drug-likeness (QED) is 0.0204. The van der Waals surface area contributed by atoms with E-state index in [0.717, 1.165) is 44.9 Å². The van der Waals surface area contributed by atoms with E-state index in [4.69, 9.17) is 18.9 Å². The van der Waals surface area contributed by atoms with Gasteiger partial charge < -0.3 is 65.1 Å². The van der Waals surface area contributed by atoms with Crippen LogP contribution in [-0.4, -0.2) is 140 Å². The Bertz CT molecular complexity index is 1460. The van der Waals surface area contributed by atoms with Gasteiger partial charge in [0.2, 0.25) is 5.91 Å².